The van der Waals surface area contributed by atoms with Gasteiger partial charge >= 0.3 is 0 Å². The molecule has 0 bridgehead atoms. The van der Waals surface area contributed by atoms with Crippen LogP contribution < -0.4 is 0 Å². The third kappa shape index (κ3) is 2.03. The van der Waals surface area contributed by atoms with Crippen molar-refractivity contribution in [3.63, 3.8) is 0 Å². The van der Waals surface area contributed by atoms with Crippen molar-refractivity contribution in [3.05, 3.63) is 35.4 Å². The van der Waals surface area contributed by atoms with Crippen molar-refractivity contribution < 1.29 is 4.52 Å². The zero-order valence-electron chi connectivity index (χ0n) is 10.9. The Morgan fingerprint density at radius 2 is 1.95 bits per heavy atom. The number of hydrogen-bond donors (Lipinski definition) is 1. The van der Waals surface area contributed by atoms with Gasteiger partial charge in [0.2, 0.25) is 5.82 Å². The molecule has 3 aromatic heterocycles. The molecule has 0 atom stereocenters. The van der Waals surface area contributed by atoms with E-state index >= 15 is 0 Å². The Balaban J connectivity index is 2.04. The molecule has 0 unspecified atom stereocenters. The minimum absolute atomic E-state index is 0.261. The summed E-state index contributed by atoms with van der Waals surface area (Å²) >= 11 is 0. The molecule has 0 aromatic carbocycles. The molecule has 0 fully saturated rings. The van der Waals surface area contributed by atoms with E-state index in [-0.39, 0.29) is 5.89 Å². The molecule has 3 rings (SSSR count). The lowest BCUT2D eigenvalue weighted by molar-refractivity contribution is 0.432. The van der Waals surface area contributed by atoms with Crippen LogP contribution in [0, 0.1) is 25.2 Å². The first kappa shape index (κ1) is 12.0. The van der Waals surface area contributed by atoms with E-state index in [9.17, 15) is 0 Å². The molecule has 3 heterocycles. The van der Waals surface area contributed by atoms with Crippen molar-refractivity contribution in [2.45, 2.75) is 13.8 Å². The van der Waals surface area contributed by atoms with Gasteiger partial charge in [0, 0.05) is 17.0 Å². The first-order valence-corrected chi connectivity index (χ1v) is 5.90. The van der Waals surface area contributed by atoms with Gasteiger partial charge in [0.25, 0.3) is 5.89 Å². The molecule has 20 heavy (non-hydrogen) atoms. The SMILES string of the molecule is Cc1cc(-c2noc(-c3cn[nH]c3C#N)n2)cc(C)n1. The summed E-state index contributed by atoms with van der Waals surface area (Å²) in [5.41, 5.74) is 3.38. The van der Waals surface area contributed by atoms with Crippen molar-refractivity contribution in [2.24, 2.45) is 0 Å². The number of nitriles is 1. The molecular formula is C13H10N6O. The van der Waals surface area contributed by atoms with Gasteiger partial charge in [-0.1, -0.05) is 5.16 Å². The van der Waals surface area contributed by atoms with Crippen LogP contribution in [0.25, 0.3) is 22.8 Å². The maximum atomic E-state index is 8.95. The molecule has 0 amide bonds. The summed E-state index contributed by atoms with van der Waals surface area (Å²) in [6.45, 7) is 3.81. The van der Waals surface area contributed by atoms with Crippen molar-refractivity contribution in [3.8, 4) is 28.9 Å². The Morgan fingerprint density at radius 3 is 2.65 bits per heavy atom. The highest BCUT2D eigenvalue weighted by molar-refractivity contribution is 5.63. The summed E-state index contributed by atoms with van der Waals surface area (Å²) < 4.78 is 5.19. The number of pyridine rings is 1. The zero-order valence-corrected chi connectivity index (χ0v) is 10.9. The Hall–Kier alpha value is -3.01. The molecule has 0 aliphatic heterocycles. The molecule has 0 aliphatic rings. The van der Waals surface area contributed by atoms with Gasteiger partial charge < -0.3 is 4.52 Å². The highest BCUT2D eigenvalue weighted by Crippen LogP contribution is 2.24. The van der Waals surface area contributed by atoms with E-state index in [1.807, 2.05) is 32.0 Å². The number of aryl methyl sites for hydroxylation is 2. The Kier molecular flexibility index (Phi) is 2.76. The highest BCUT2D eigenvalue weighted by Gasteiger charge is 2.16. The summed E-state index contributed by atoms with van der Waals surface area (Å²) in [6, 6.07) is 5.74. The Labute approximate surface area is 114 Å². The summed E-state index contributed by atoms with van der Waals surface area (Å²) in [6.07, 6.45) is 1.49. The van der Waals surface area contributed by atoms with Crippen LogP contribution in [0.2, 0.25) is 0 Å². The quantitative estimate of drug-likeness (QED) is 0.760. The third-order valence-electron chi connectivity index (χ3n) is 2.75. The number of aromatic amines is 1. The molecule has 7 heteroatoms. The van der Waals surface area contributed by atoms with E-state index in [1.54, 1.807) is 0 Å². The van der Waals surface area contributed by atoms with Gasteiger partial charge in [-0.25, -0.2) is 0 Å². The van der Waals surface area contributed by atoms with Gasteiger partial charge in [-0.05, 0) is 26.0 Å². The van der Waals surface area contributed by atoms with Gasteiger partial charge in [0.15, 0.2) is 0 Å². The van der Waals surface area contributed by atoms with E-state index in [1.165, 1.54) is 6.20 Å². The molecule has 0 radical (unpaired) electrons. The van der Waals surface area contributed by atoms with Crippen LogP contribution >= 0.6 is 0 Å². The average molecular weight is 266 g/mol. The van der Waals surface area contributed by atoms with Gasteiger partial charge in [-0.2, -0.15) is 15.3 Å². The smallest absolute Gasteiger partial charge is 0.262 e. The first-order valence-electron chi connectivity index (χ1n) is 5.90. The lowest BCUT2D eigenvalue weighted by Gasteiger charge is -1.98. The minimum atomic E-state index is 0.261. The van der Waals surface area contributed by atoms with E-state index in [4.69, 9.17) is 9.78 Å². The van der Waals surface area contributed by atoms with Gasteiger partial charge in [0.05, 0.1) is 11.8 Å². The lowest BCUT2D eigenvalue weighted by atomic mass is 10.2. The fourth-order valence-corrected chi connectivity index (χ4v) is 1.95. The third-order valence-corrected chi connectivity index (χ3v) is 2.75. The predicted octanol–water partition coefficient (Wildman–Crippen LogP) is 2.01. The molecule has 0 aliphatic carbocycles. The predicted molar refractivity (Wildman–Crippen MR) is 69.3 cm³/mol. The first-order chi connectivity index (χ1) is 9.67. The number of rotatable bonds is 2. The molecule has 0 spiro atoms. The van der Waals surface area contributed by atoms with Gasteiger partial charge in [-0.15, -0.1) is 0 Å². The number of H-pyrrole nitrogens is 1. The van der Waals surface area contributed by atoms with E-state index in [2.05, 4.69) is 25.3 Å². The van der Waals surface area contributed by atoms with Crippen molar-refractivity contribution in [2.75, 3.05) is 0 Å². The standard InChI is InChI=1S/C13H10N6O/c1-7-3-9(4-8(2)16-7)12-17-13(20-19-12)10-6-15-18-11(10)5-14/h3-4,6H,1-2H3,(H,15,18). The fraction of sp³-hybridized carbons (Fsp3) is 0.154. The average Bonchev–Trinajstić information content (AvgIpc) is 3.06. The number of nitrogens with one attached hydrogen (secondary N) is 1. The lowest BCUT2D eigenvalue weighted by Crippen LogP contribution is -1.89. The van der Waals surface area contributed by atoms with Crippen LogP contribution in [0.15, 0.2) is 22.9 Å². The van der Waals surface area contributed by atoms with Gasteiger partial charge in [0.1, 0.15) is 11.8 Å². The fourth-order valence-electron chi connectivity index (χ4n) is 1.95. The summed E-state index contributed by atoms with van der Waals surface area (Å²) in [4.78, 5) is 8.60. The number of aromatic nitrogens is 5. The number of hydrogen-bond acceptors (Lipinski definition) is 6. The Bertz CT molecular complexity index is 790. The van der Waals surface area contributed by atoms with E-state index in [0.717, 1.165) is 17.0 Å². The summed E-state index contributed by atoms with van der Waals surface area (Å²) in [7, 11) is 0. The van der Waals surface area contributed by atoms with E-state index in [0.29, 0.717) is 17.1 Å². The van der Waals surface area contributed by atoms with Crippen LogP contribution in [-0.4, -0.2) is 25.3 Å². The van der Waals surface area contributed by atoms with Crippen LogP contribution in [0.1, 0.15) is 17.1 Å². The van der Waals surface area contributed by atoms with Crippen LogP contribution in [0.3, 0.4) is 0 Å². The molecule has 3 aromatic rings. The molecular weight excluding hydrogens is 256 g/mol. The molecule has 7 nitrogen and oxygen atoms in total. The normalized spacial score (nSPS) is 10.4. The topological polar surface area (TPSA) is 104 Å². The van der Waals surface area contributed by atoms with Crippen LogP contribution in [0.4, 0.5) is 0 Å². The zero-order chi connectivity index (χ0) is 14.1. The summed E-state index contributed by atoms with van der Waals surface area (Å²) in [5, 5.41) is 19.2. The van der Waals surface area contributed by atoms with Gasteiger partial charge in [-0.3, -0.25) is 10.1 Å². The Morgan fingerprint density at radius 1 is 1.20 bits per heavy atom. The number of nitrogens with zero attached hydrogens (tertiary/aromatic N) is 5. The monoisotopic (exact) mass is 266 g/mol. The molecule has 0 saturated heterocycles. The largest absolute Gasteiger partial charge is 0.333 e. The summed E-state index contributed by atoms with van der Waals surface area (Å²) in [5.74, 6) is 0.719. The van der Waals surface area contributed by atoms with Crippen molar-refractivity contribution in [1.29, 1.82) is 5.26 Å². The molecule has 1 N–H and O–H groups in total. The van der Waals surface area contributed by atoms with E-state index < -0.39 is 0 Å². The van der Waals surface area contributed by atoms with Crippen molar-refractivity contribution >= 4 is 0 Å². The minimum Gasteiger partial charge on any atom is -0.333 e. The van der Waals surface area contributed by atoms with Crippen LogP contribution in [0.5, 0.6) is 0 Å². The highest BCUT2D eigenvalue weighted by atomic mass is 16.5. The second-order valence-electron chi connectivity index (χ2n) is 4.33. The molecule has 98 valence electrons. The maximum absolute atomic E-state index is 8.95. The van der Waals surface area contributed by atoms with Crippen molar-refractivity contribution in [1.82, 2.24) is 25.3 Å². The van der Waals surface area contributed by atoms with Crippen LogP contribution in [-0.2, 0) is 0 Å². The maximum Gasteiger partial charge on any atom is 0.262 e. The molecule has 0 saturated carbocycles. The second-order valence-corrected chi connectivity index (χ2v) is 4.33. The second kappa shape index (κ2) is 4.59.